The number of anilines is 3. The van der Waals surface area contributed by atoms with Crippen molar-refractivity contribution in [1.29, 1.82) is 0 Å². The first-order chi connectivity index (χ1) is 18.0. The molecule has 0 spiro atoms. The van der Waals surface area contributed by atoms with Crippen LogP contribution in [0.4, 0.5) is 17.3 Å². The number of pyridine rings is 1. The maximum Gasteiger partial charge on any atom is 0.236 e. The fourth-order valence-corrected chi connectivity index (χ4v) is 5.24. The summed E-state index contributed by atoms with van der Waals surface area (Å²) in [6.45, 7) is 0.669. The number of aromatic nitrogens is 3. The first-order valence-electron chi connectivity index (χ1n) is 12.7. The number of primary amides is 1. The van der Waals surface area contributed by atoms with Gasteiger partial charge in [0.05, 0.1) is 23.3 Å². The Hall–Kier alpha value is -3.50. The Bertz CT molecular complexity index is 1300. The highest BCUT2D eigenvalue weighted by molar-refractivity contribution is 6.32. The summed E-state index contributed by atoms with van der Waals surface area (Å²) in [5.74, 6) is 1.52. The quantitative estimate of drug-likeness (QED) is 0.376. The number of hydrogen-bond acceptors (Lipinski definition) is 9. The summed E-state index contributed by atoms with van der Waals surface area (Å²) in [6.07, 6.45) is 10.1. The number of carbonyl (C=O) groups is 2. The Morgan fingerprint density at radius 3 is 2.68 bits per heavy atom. The van der Waals surface area contributed by atoms with Crippen molar-refractivity contribution >= 4 is 51.5 Å². The number of fused-ring (bicyclic) bond motifs is 1. The molecule has 1 saturated heterocycles. The molecule has 1 unspecified atom stereocenters. The number of hydrogen-bond donors (Lipinski definition) is 3. The molecular weight excluding hydrogens is 494 g/mol. The lowest BCUT2D eigenvalue weighted by molar-refractivity contribution is -0.152. The fraction of sp³-hybridized carbons (Fsp3) is 0.423. The zero-order valence-electron chi connectivity index (χ0n) is 20.5. The molecule has 3 aromatic rings. The predicted molar refractivity (Wildman–Crippen MR) is 142 cm³/mol. The first kappa shape index (κ1) is 25.2. The van der Waals surface area contributed by atoms with Crippen molar-refractivity contribution in [2.45, 2.75) is 51.0 Å². The van der Waals surface area contributed by atoms with E-state index in [0.717, 1.165) is 44.9 Å². The third-order valence-electron chi connectivity index (χ3n) is 6.92. The van der Waals surface area contributed by atoms with Gasteiger partial charge < -0.3 is 21.2 Å². The number of hydroxylamine groups is 2. The van der Waals surface area contributed by atoms with Gasteiger partial charge in [0.15, 0.2) is 11.5 Å². The molecule has 2 fully saturated rings. The second kappa shape index (κ2) is 11.3. The highest BCUT2D eigenvalue weighted by Crippen LogP contribution is 2.34. The molecular formula is C26H30ClN7O3. The summed E-state index contributed by atoms with van der Waals surface area (Å²) in [6, 6.07) is 6.93. The van der Waals surface area contributed by atoms with E-state index < -0.39 is 5.91 Å². The molecule has 2 aromatic heterocycles. The van der Waals surface area contributed by atoms with Gasteiger partial charge in [0.25, 0.3) is 0 Å². The summed E-state index contributed by atoms with van der Waals surface area (Å²) in [5.41, 5.74) is 6.55. The van der Waals surface area contributed by atoms with Crippen molar-refractivity contribution in [3.63, 3.8) is 0 Å². The van der Waals surface area contributed by atoms with Crippen molar-refractivity contribution in [3.8, 4) is 5.75 Å². The average Bonchev–Trinajstić information content (AvgIpc) is 3.44. The lowest BCUT2D eigenvalue weighted by Crippen LogP contribution is -2.48. The van der Waals surface area contributed by atoms with Crippen molar-refractivity contribution in [2.24, 2.45) is 11.7 Å². The van der Waals surface area contributed by atoms with Crippen LogP contribution in [0.1, 0.15) is 44.9 Å². The molecule has 1 aliphatic heterocycles. The van der Waals surface area contributed by atoms with Crippen molar-refractivity contribution < 1.29 is 14.4 Å². The molecule has 11 heteroatoms. The van der Waals surface area contributed by atoms with Crippen LogP contribution in [0.5, 0.6) is 5.75 Å². The maximum absolute atomic E-state index is 13.1. The van der Waals surface area contributed by atoms with E-state index in [0.29, 0.717) is 51.3 Å². The van der Waals surface area contributed by atoms with Gasteiger partial charge in [-0.3, -0.25) is 9.59 Å². The summed E-state index contributed by atoms with van der Waals surface area (Å²) in [4.78, 5) is 43.3. The highest BCUT2D eigenvalue weighted by atomic mass is 35.5. The second-order valence-corrected chi connectivity index (χ2v) is 9.93. The Kier molecular flexibility index (Phi) is 7.66. The molecule has 10 nitrogen and oxygen atoms in total. The van der Waals surface area contributed by atoms with Gasteiger partial charge in [0.1, 0.15) is 24.0 Å². The molecule has 4 N–H and O–H groups in total. The molecule has 1 amide bonds. The molecule has 1 atom stereocenters. The van der Waals surface area contributed by atoms with E-state index in [2.05, 4.69) is 25.6 Å². The van der Waals surface area contributed by atoms with E-state index >= 15 is 0 Å². The number of rotatable bonds is 9. The molecule has 0 bridgehead atoms. The van der Waals surface area contributed by atoms with Gasteiger partial charge in [-0.1, -0.05) is 24.4 Å². The molecule has 2 aliphatic rings. The second-order valence-electron chi connectivity index (χ2n) is 9.53. The standard InChI is InChI=1S/C26H30ClN7O3/c27-19-11-17(33-26-18-12-24(30-14-23(28)35)29-13-20(18)31-15-32-26)8-9-22(19)37-34-10-4-3-7-21(34)25(36)16-5-1-2-6-16/h8-9,11-13,15-16,21H,1-7,10,14H2,(H2,28,35)(H,29,30)(H,31,32,33). The van der Waals surface area contributed by atoms with Crippen LogP contribution in [0.15, 0.2) is 36.8 Å². The van der Waals surface area contributed by atoms with Crippen LogP contribution in [0.3, 0.4) is 0 Å². The Balaban J connectivity index is 1.31. The minimum atomic E-state index is -0.486. The lowest BCUT2D eigenvalue weighted by atomic mass is 9.91. The van der Waals surface area contributed by atoms with Crippen LogP contribution in [0.2, 0.25) is 5.02 Å². The molecule has 194 valence electrons. The summed E-state index contributed by atoms with van der Waals surface area (Å²) >= 11 is 6.61. The summed E-state index contributed by atoms with van der Waals surface area (Å²) in [5, 5.41) is 9.10. The van der Waals surface area contributed by atoms with Gasteiger partial charge in [-0.25, -0.2) is 15.0 Å². The minimum Gasteiger partial charge on any atom is -0.404 e. The number of nitrogens with two attached hydrogens (primary N) is 1. The number of Topliss-reactive ketones (excluding diaryl/α,β-unsaturated/α-hetero) is 1. The SMILES string of the molecule is NC(=O)CNc1cc2c(Nc3ccc(ON4CCCCC4C(=O)C4CCCC4)c(Cl)c3)ncnc2cn1. The number of benzene rings is 1. The smallest absolute Gasteiger partial charge is 0.236 e. The minimum absolute atomic E-state index is 0.0316. The third-order valence-corrected chi connectivity index (χ3v) is 7.21. The van der Waals surface area contributed by atoms with E-state index in [9.17, 15) is 9.59 Å². The van der Waals surface area contributed by atoms with Crippen LogP contribution in [0.25, 0.3) is 10.9 Å². The maximum atomic E-state index is 13.1. The van der Waals surface area contributed by atoms with Crippen molar-refractivity contribution in [3.05, 3.63) is 41.8 Å². The van der Waals surface area contributed by atoms with Gasteiger partial charge in [-0.2, -0.15) is 0 Å². The Labute approximate surface area is 219 Å². The lowest BCUT2D eigenvalue weighted by Gasteiger charge is -2.35. The highest BCUT2D eigenvalue weighted by Gasteiger charge is 2.36. The number of carbonyl (C=O) groups excluding carboxylic acids is 2. The third kappa shape index (κ3) is 5.91. The largest absolute Gasteiger partial charge is 0.404 e. The van der Waals surface area contributed by atoms with Crippen LogP contribution in [-0.2, 0) is 9.59 Å². The predicted octanol–water partition coefficient (Wildman–Crippen LogP) is 4.23. The zero-order valence-corrected chi connectivity index (χ0v) is 21.2. The molecule has 1 saturated carbocycles. The average molecular weight is 524 g/mol. The summed E-state index contributed by atoms with van der Waals surface area (Å²) < 4.78 is 0. The number of nitrogens with zero attached hydrogens (tertiary/aromatic N) is 4. The van der Waals surface area contributed by atoms with E-state index in [1.165, 1.54) is 6.33 Å². The van der Waals surface area contributed by atoms with Crippen LogP contribution >= 0.6 is 11.6 Å². The molecule has 1 aromatic carbocycles. The van der Waals surface area contributed by atoms with Crippen LogP contribution in [0, 0.1) is 5.92 Å². The monoisotopic (exact) mass is 523 g/mol. The normalized spacial score (nSPS) is 18.6. The molecule has 3 heterocycles. The van der Waals surface area contributed by atoms with Gasteiger partial charge in [0, 0.05) is 23.5 Å². The number of ketones is 1. The van der Waals surface area contributed by atoms with Crippen molar-refractivity contribution in [1.82, 2.24) is 20.0 Å². The number of halogens is 1. The molecule has 0 radical (unpaired) electrons. The molecule has 5 rings (SSSR count). The van der Waals surface area contributed by atoms with Gasteiger partial charge in [0.2, 0.25) is 5.91 Å². The summed E-state index contributed by atoms with van der Waals surface area (Å²) in [7, 11) is 0. The van der Waals surface area contributed by atoms with Gasteiger partial charge >= 0.3 is 0 Å². The Morgan fingerprint density at radius 2 is 1.89 bits per heavy atom. The van der Waals surface area contributed by atoms with E-state index in [-0.39, 0.29) is 18.5 Å². The number of nitrogens with one attached hydrogen (secondary N) is 2. The zero-order chi connectivity index (χ0) is 25.8. The van der Waals surface area contributed by atoms with Gasteiger partial charge in [-0.15, -0.1) is 5.06 Å². The Morgan fingerprint density at radius 1 is 1.08 bits per heavy atom. The van der Waals surface area contributed by atoms with Crippen molar-refractivity contribution in [2.75, 3.05) is 23.7 Å². The van der Waals surface area contributed by atoms with Crippen LogP contribution in [-0.4, -0.2) is 50.8 Å². The number of amides is 1. The van der Waals surface area contributed by atoms with E-state index in [1.54, 1.807) is 24.4 Å². The first-order valence-corrected chi connectivity index (χ1v) is 13.0. The van der Waals surface area contributed by atoms with Crippen LogP contribution < -0.4 is 21.2 Å². The van der Waals surface area contributed by atoms with E-state index in [1.807, 2.05) is 11.1 Å². The molecule has 37 heavy (non-hydrogen) atoms. The molecule has 1 aliphatic carbocycles. The van der Waals surface area contributed by atoms with E-state index in [4.69, 9.17) is 22.2 Å². The topological polar surface area (TPSA) is 135 Å². The fourth-order valence-electron chi connectivity index (χ4n) is 5.03. The van der Waals surface area contributed by atoms with Gasteiger partial charge in [-0.05, 0) is 56.4 Å². The number of piperidine rings is 1.